The van der Waals surface area contributed by atoms with Crippen LogP contribution in [0.1, 0.15) is 38.9 Å². The van der Waals surface area contributed by atoms with Crippen molar-refractivity contribution < 1.29 is 28.4 Å². The summed E-state index contributed by atoms with van der Waals surface area (Å²) >= 11 is 0. The molecule has 0 unspecified atom stereocenters. The van der Waals surface area contributed by atoms with Crippen molar-refractivity contribution in [3.8, 4) is 0 Å². The molecule has 1 aromatic rings. The number of carbonyl (C=O) groups is 4. The van der Waals surface area contributed by atoms with Gasteiger partial charge in [0, 0.05) is 6.07 Å². The summed E-state index contributed by atoms with van der Waals surface area (Å²) < 4.78 is 9.60. The molecule has 10 heteroatoms. The van der Waals surface area contributed by atoms with Crippen LogP contribution in [0, 0.1) is 6.92 Å². The van der Waals surface area contributed by atoms with Gasteiger partial charge in [0.2, 0.25) is 0 Å². The Balaban J connectivity index is 1.82. The van der Waals surface area contributed by atoms with Crippen LogP contribution >= 0.6 is 0 Å². The summed E-state index contributed by atoms with van der Waals surface area (Å²) in [6.07, 6.45) is 2.13. The minimum Gasteiger partial charge on any atom is -0.454 e. The Hall–Kier alpha value is -2.91. The van der Waals surface area contributed by atoms with Crippen molar-refractivity contribution in [3.63, 3.8) is 0 Å². The highest BCUT2D eigenvalue weighted by Crippen LogP contribution is 2.23. The normalized spacial score (nSPS) is 19.4. The van der Waals surface area contributed by atoms with Crippen molar-refractivity contribution in [2.24, 2.45) is 0 Å². The number of ether oxygens (including phenoxy) is 1. The predicted octanol–water partition coefficient (Wildman–Crippen LogP) is 0.965. The van der Waals surface area contributed by atoms with E-state index in [2.05, 4.69) is 15.8 Å². The number of imide groups is 1. The fourth-order valence-electron chi connectivity index (χ4n) is 2.52. The lowest BCUT2D eigenvalue weighted by Crippen LogP contribution is -2.44. The largest absolute Gasteiger partial charge is 0.454 e. The number of rotatable bonds is 8. The molecule has 0 aliphatic carbocycles. The van der Waals surface area contributed by atoms with Crippen LogP contribution in [-0.2, 0) is 19.1 Å². The molecule has 0 saturated carbocycles. The first kappa shape index (κ1) is 19.4. The van der Waals surface area contributed by atoms with Crippen LogP contribution in [0.4, 0.5) is 10.6 Å². The van der Waals surface area contributed by atoms with Gasteiger partial charge in [-0.25, -0.2) is 4.79 Å². The van der Waals surface area contributed by atoms with Gasteiger partial charge in [0.25, 0.3) is 11.8 Å². The lowest BCUT2D eigenvalue weighted by Gasteiger charge is -2.21. The molecule has 26 heavy (non-hydrogen) atoms. The van der Waals surface area contributed by atoms with Crippen molar-refractivity contribution in [2.45, 2.75) is 45.6 Å². The minimum atomic E-state index is -1.02. The van der Waals surface area contributed by atoms with Crippen LogP contribution in [0.15, 0.2) is 10.6 Å². The van der Waals surface area contributed by atoms with Crippen LogP contribution in [0.5, 0.6) is 0 Å². The van der Waals surface area contributed by atoms with Gasteiger partial charge in [-0.05, 0) is 20.3 Å². The van der Waals surface area contributed by atoms with Crippen molar-refractivity contribution in [1.82, 2.24) is 15.4 Å². The highest BCUT2D eigenvalue weighted by Gasteiger charge is 2.47. The van der Waals surface area contributed by atoms with Crippen molar-refractivity contribution in [3.05, 3.63) is 11.8 Å². The first-order valence-electron chi connectivity index (χ1n) is 8.28. The molecule has 10 nitrogen and oxygen atoms in total. The fourth-order valence-corrected chi connectivity index (χ4v) is 2.52. The number of aryl methyl sites for hydroxylation is 1. The number of carbonyl (C=O) groups excluding carboxylic acids is 4. The number of nitrogens with one attached hydrogen (secondary N) is 2. The van der Waals surface area contributed by atoms with Crippen LogP contribution in [-0.4, -0.2) is 52.6 Å². The molecule has 0 radical (unpaired) electrons. The highest BCUT2D eigenvalue weighted by atomic mass is 16.5. The average Bonchev–Trinajstić information content (AvgIpc) is 3.07. The number of aromatic nitrogens is 1. The number of esters is 1. The average molecular weight is 366 g/mol. The Bertz CT molecular complexity index is 715. The molecular weight excluding hydrogens is 344 g/mol. The van der Waals surface area contributed by atoms with E-state index in [0.29, 0.717) is 12.2 Å². The molecule has 1 aliphatic rings. The fraction of sp³-hybridized carbons (Fsp3) is 0.562. The Morgan fingerprint density at radius 2 is 2.15 bits per heavy atom. The van der Waals surface area contributed by atoms with Crippen LogP contribution in [0.25, 0.3) is 0 Å². The van der Waals surface area contributed by atoms with E-state index in [9.17, 15) is 19.2 Å². The zero-order valence-electron chi connectivity index (χ0n) is 15.0. The molecule has 0 spiro atoms. The summed E-state index contributed by atoms with van der Waals surface area (Å²) in [5.74, 6) is -1.24. The Kier molecular flexibility index (Phi) is 5.96. The topological polar surface area (TPSA) is 131 Å². The summed E-state index contributed by atoms with van der Waals surface area (Å²) in [5.41, 5.74) is -1.02. The number of hydrogen-bond acceptors (Lipinski definition) is 7. The van der Waals surface area contributed by atoms with Gasteiger partial charge in [-0.1, -0.05) is 24.9 Å². The van der Waals surface area contributed by atoms with E-state index in [-0.39, 0.29) is 5.82 Å². The number of urea groups is 1. The SMILES string of the molecule is CCCC[C@@]1(C)NC(=O)N(CC(=O)OCC(=O)Nc2cc(C)on2)C1=O. The van der Waals surface area contributed by atoms with Gasteiger partial charge < -0.3 is 19.9 Å². The molecule has 1 saturated heterocycles. The molecule has 2 heterocycles. The van der Waals surface area contributed by atoms with E-state index in [1.54, 1.807) is 13.8 Å². The van der Waals surface area contributed by atoms with Crippen molar-refractivity contribution in [1.29, 1.82) is 0 Å². The predicted molar refractivity (Wildman–Crippen MR) is 89.0 cm³/mol. The molecule has 4 amide bonds. The molecule has 2 rings (SSSR count). The van der Waals surface area contributed by atoms with Gasteiger partial charge in [-0.15, -0.1) is 0 Å². The Labute approximate surface area is 150 Å². The zero-order chi connectivity index (χ0) is 19.3. The molecule has 1 aliphatic heterocycles. The summed E-state index contributed by atoms with van der Waals surface area (Å²) in [6.45, 7) is 4.14. The molecule has 0 aromatic carbocycles. The Morgan fingerprint density at radius 1 is 1.42 bits per heavy atom. The molecule has 2 N–H and O–H groups in total. The second-order valence-electron chi connectivity index (χ2n) is 6.29. The minimum absolute atomic E-state index is 0.198. The first-order chi connectivity index (χ1) is 12.2. The number of anilines is 1. The van der Waals surface area contributed by atoms with E-state index in [1.165, 1.54) is 6.07 Å². The lowest BCUT2D eigenvalue weighted by molar-refractivity contribution is -0.150. The second-order valence-corrected chi connectivity index (χ2v) is 6.29. The van der Waals surface area contributed by atoms with Gasteiger partial charge in [0.15, 0.2) is 12.4 Å². The number of nitrogens with zero attached hydrogens (tertiary/aromatic N) is 2. The monoisotopic (exact) mass is 366 g/mol. The second kappa shape index (κ2) is 7.98. The van der Waals surface area contributed by atoms with Crippen molar-refractivity contribution in [2.75, 3.05) is 18.5 Å². The van der Waals surface area contributed by atoms with Gasteiger partial charge in [0.1, 0.15) is 17.8 Å². The van der Waals surface area contributed by atoms with Crippen LogP contribution in [0.3, 0.4) is 0 Å². The van der Waals surface area contributed by atoms with Crippen molar-refractivity contribution >= 4 is 29.6 Å². The van der Waals surface area contributed by atoms with Gasteiger partial charge in [-0.2, -0.15) is 0 Å². The van der Waals surface area contributed by atoms with E-state index < -0.39 is 42.5 Å². The molecular formula is C16H22N4O6. The quantitative estimate of drug-likeness (QED) is 0.517. The molecule has 0 bridgehead atoms. The van der Waals surface area contributed by atoms with Crippen LogP contribution < -0.4 is 10.6 Å². The third-order valence-corrected chi connectivity index (χ3v) is 3.92. The number of unbranched alkanes of at least 4 members (excludes halogenated alkanes) is 1. The molecule has 1 aromatic heterocycles. The van der Waals surface area contributed by atoms with Gasteiger partial charge in [0.05, 0.1) is 0 Å². The van der Waals surface area contributed by atoms with Gasteiger partial charge >= 0.3 is 12.0 Å². The highest BCUT2D eigenvalue weighted by molar-refractivity contribution is 6.08. The smallest absolute Gasteiger partial charge is 0.326 e. The third-order valence-electron chi connectivity index (χ3n) is 3.92. The van der Waals surface area contributed by atoms with E-state index in [4.69, 9.17) is 9.26 Å². The summed E-state index contributed by atoms with van der Waals surface area (Å²) in [7, 11) is 0. The lowest BCUT2D eigenvalue weighted by atomic mass is 9.95. The number of hydrogen-bond donors (Lipinski definition) is 2. The standard InChI is InChI=1S/C16H22N4O6/c1-4-5-6-16(3)14(23)20(15(24)18-16)8-13(22)25-9-12(21)17-11-7-10(2)26-19-11/h7H,4-6,8-9H2,1-3H3,(H,18,24)(H,17,19,21)/t16-/m1/s1. The Morgan fingerprint density at radius 3 is 2.77 bits per heavy atom. The zero-order valence-corrected chi connectivity index (χ0v) is 15.0. The van der Waals surface area contributed by atoms with E-state index in [0.717, 1.165) is 17.7 Å². The van der Waals surface area contributed by atoms with E-state index in [1.807, 2.05) is 6.92 Å². The maximum Gasteiger partial charge on any atom is 0.326 e. The number of amides is 4. The first-order valence-corrected chi connectivity index (χ1v) is 8.28. The van der Waals surface area contributed by atoms with E-state index >= 15 is 0 Å². The molecule has 142 valence electrons. The maximum absolute atomic E-state index is 12.4. The van der Waals surface area contributed by atoms with Gasteiger partial charge in [-0.3, -0.25) is 19.3 Å². The molecule has 1 fully saturated rings. The third kappa shape index (κ3) is 4.58. The maximum atomic E-state index is 12.4. The summed E-state index contributed by atoms with van der Waals surface area (Å²) in [5, 5.41) is 8.56. The molecule has 1 atom stereocenters. The van der Waals surface area contributed by atoms with Crippen LogP contribution in [0.2, 0.25) is 0 Å². The summed E-state index contributed by atoms with van der Waals surface area (Å²) in [6, 6.07) is 0.859. The summed E-state index contributed by atoms with van der Waals surface area (Å²) in [4.78, 5) is 48.7.